The van der Waals surface area contributed by atoms with Crippen LogP contribution in [0.15, 0.2) is 48.8 Å². The van der Waals surface area contributed by atoms with Gasteiger partial charge >= 0.3 is 10.2 Å². The predicted octanol–water partition coefficient (Wildman–Crippen LogP) is 2.72. The molecule has 1 aromatic carbocycles. The Kier molecular flexibility index (Phi) is 7.51. The molecule has 2 aliphatic heterocycles. The number of hydrogen-bond donors (Lipinski definition) is 1. The topological polar surface area (TPSA) is 105 Å². The van der Waals surface area contributed by atoms with E-state index in [1.807, 2.05) is 4.72 Å². The molecule has 208 valence electrons. The Morgan fingerprint density at radius 3 is 2.87 bits per heavy atom. The number of benzene rings is 1. The van der Waals surface area contributed by atoms with Crippen LogP contribution in [-0.4, -0.2) is 80.3 Å². The highest BCUT2D eigenvalue weighted by molar-refractivity contribution is 7.87. The van der Waals surface area contributed by atoms with Gasteiger partial charge in [0.05, 0.1) is 37.3 Å². The zero-order valence-corrected chi connectivity index (χ0v) is 21.7. The molecule has 2 aromatic heterocycles. The van der Waals surface area contributed by atoms with Gasteiger partial charge < -0.3 is 14.4 Å². The summed E-state index contributed by atoms with van der Waals surface area (Å²) in [5.74, 6) is -1.12. The number of ether oxygens (including phenoxy) is 2. The highest BCUT2D eigenvalue weighted by Gasteiger charge is 2.30. The molecule has 1 saturated heterocycles. The lowest BCUT2D eigenvalue weighted by atomic mass is 10.1. The number of aromatic nitrogens is 2. The Morgan fingerprint density at radius 2 is 2.13 bits per heavy atom. The van der Waals surface area contributed by atoms with E-state index in [9.17, 15) is 26.4 Å². The molecule has 0 radical (unpaired) electrons. The Hall–Kier alpha value is -3.62. The number of pyridine rings is 1. The van der Waals surface area contributed by atoms with Gasteiger partial charge in [-0.2, -0.15) is 12.7 Å². The molecular formula is C25H26F3N5O5S. The number of nitrogens with one attached hydrogen (secondary N) is 1. The van der Waals surface area contributed by atoms with Gasteiger partial charge in [-0.3, -0.25) is 9.20 Å². The van der Waals surface area contributed by atoms with E-state index in [0.717, 1.165) is 7.05 Å². The van der Waals surface area contributed by atoms with Gasteiger partial charge in [0.2, 0.25) is 0 Å². The molecule has 0 saturated carbocycles. The summed E-state index contributed by atoms with van der Waals surface area (Å²) in [4.78, 5) is 18.6. The Labute approximate surface area is 222 Å². The Balaban J connectivity index is 1.47. The zero-order chi connectivity index (χ0) is 27.7. The second kappa shape index (κ2) is 10.9. The maximum atomic E-state index is 14.8. The average Bonchev–Trinajstić information content (AvgIpc) is 3.64. The molecule has 5 rings (SSSR count). The van der Waals surface area contributed by atoms with Crippen molar-refractivity contribution in [3.8, 4) is 5.75 Å². The van der Waals surface area contributed by atoms with Crippen LogP contribution in [0, 0.1) is 5.82 Å². The zero-order valence-electron chi connectivity index (χ0n) is 20.9. The number of carbonyl (C=O) groups excluding carboxylic acids is 1. The number of alkyl halides is 2. The van der Waals surface area contributed by atoms with Gasteiger partial charge in [0.1, 0.15) is 41.9 Å². The third-order valence-corrected chi connectivity index (χ3v) is 7.90. The Morgan fingerprint density at radius 1 is 1.31 bits per heavy atom. The first-order valence-corrected chi connectivity index (χ1v) is 13.6. The van der Waals surface area contributed by atoms with Gasteiger partial charge in [-0.1, -0.05) is 0 Å². The van der Waals surface area contributed by atoms with Crippen LogP contribution in [0.1, 0.15) is 22.5 Å². The molecule has 0 spiro atoms. The van der Waals surface area contributed by atoms with Crippen LogP contribution in [0.5, 0.6) is 5.75 Å². The standard InChI is InChI=1S/C25H26F3N5O5S/c1-31(8-7-26)39(35,36)30-25(34)22-12-29-24-5-3-18(14-33(22)24)32-13-17(28)11-21(32)20-10-16(27)2-4-23(20)38-19-6-9-37-15-19/h2-5,10-12,14,17,19H,6-9,13,15H2,1H3,(H,30,34)/t17-,19+/m0/s1. The number of halogens is 3. The van der Waals surface area contributed by atoms with E-state index in [1.165, 1.54) is 41.1 Å². The lowest BCUT2D eigenvalue weighted by molar-refractivity contribution is 0.0973. The molecule has 0 bridgehead atoms. The van der Waals surface area contributed by atoms with Crippen molar-refractivity contribution in [2.45, 2.75) is 18.7 Å². The number of fused-ring (bicyclic) bond motifs is 1. The van der Waals surface area contributed by atoms with Gasteiger partial charge in [-0.15, -0.1) is 0 Å². The van der Waals surface area contributed by atoms with Gasteiger partial charge in [0.15, 0.2) is 0 Å². The maximum absolute atomic E-state index is 14.8. The molecular weight excluding hydrogens is 539 g/mol. The predicted molar refractivity (Wildman–Crippen MR) is 137 cm³/mol. The molecule has 2 atom stereocenters. The molecule has 10 nitrogen and oxygen atoms in total. The van der Waals surface area contributed by atoms with E-state index in [1.54, 1.807) is 17.0 Å². The summed E-state index contributed by atoms with van der Waals surface area (Å²) in [6, 6.07) is 7.28. The molecule has 1 N–H and O–H groups in total. The fourth-order valence-corrected chi connectivity index (χ4v) is 5.24. The van der Waals surface area contributed by atoms with Crippen LogP contribution in [0.4, 0.5) is 18.9 Å². The summed E-state index contributed by atoms with van der Waals surface area (Å²) in [7, 11) is -3.15. The summed E-state index contributed by atoms with van der Waals surface area (Å²) in [5, 5.41) is 0. The lowest BCUT2D eigenvalue weighted by Gasteiger charge is -2.25. The SMILES string of the molecule is CN(CCF)S(=O)(=O)NC(=O)c1cnc2ccc(N3C[C@@H](F)C=C3c3cc(F)ccc3O[C@@H]3CCOC3)cn12. The van der Waals surface area contributed by atoms with Crippen LogP contribution in [0.3, 0.4) is 0 Å². The molecule has 0 aliphatic carbocycles. The van der Waals surface area contributed by atoms with Crippen molar-refractivity contribution < 1.29 is 35.9 Å². The van der Waals surface area contributed by atoms with Crippen molar-refractivity contribution >= 4 is 33.1 Å². The number of amides is 1. The minimum Gasteiger partial charge on any atom is -0.487 e. The second-order valence-corrected chi connectivity index (χ2v) is 10.9. The van der Waals surface area contributed by atoms with E-state index < -0.39 is 41.3 Å². The van der Waals surface area contributed by atoms with Crippen molar-refractivity contribution in [1.82, 2.24) is 18.4 Å². The second-order valence-electron chi connectivity index (χ2n) is 9.13. The van der Waals surface area contributed by atoms with Crippen molar-refractivity contribution in [1.29, 1.82) is 0 Å². The van der Waals surface area contributed by atoms with E-state index in [-0.39, 0.29) is 18.3 Å². The van der Waals surface area contributed by atoms with Gasteiger partial charge in [-0.05, 0) is 36.4 Å². The van der Waals surface area contributed by atoms with Crippen molar-refractivity contribution in [3.05, 3.63) is 65.9 Å². The van der Waals surface area contributed by atoms with E-state index in [4.69, 9.17) is 9.47 Å². The molecule has 1 fully saturated rings. The highest BCUT2D eigenvalue weighted by atomic mass is 32.2. The van der Waals surface area contributed by atoms with Crippen LogP contribution in [0.25, 0.3) is 11.3 Å². The first-order valence-electron chi connectivity index (χ1n) is 12.2. The average molecular weight is 566 g/mol. The van der Waals surface area contributed by atoms with Crippen LogP contribution < -0.4 is 14.4 Å². The monoisotopic (exact) mass is 565 g/mol. The Bertz CT molecular complexity index is 1520. The van der Waals surface area contributed by atoms with Gasteiger partial charge in [0, 0.05) is 31.8 Å². The smallest absolute Gasteiger partial charge is 0.303 e. The summed E-state index contributed by atoms with van der Waals surface area (Å²) in [6.07, 6.45) is 3.15. The van der Waals surface area contributed by atoms with E-state index in [2.05, 4.69) is 4.98 Å². The number of anilines is 1. The number of hydrogen-bond acceptors (Lipinski definition) is 7. The van der Waals surface area contributed by atoms with Crippen LogP contribution in [0.2, 0.25) is 0 Å². The number of rotatable bonds is 9. The fourth-order valence-electron chi connectivity index (χ4n) is 4.44. The quantitative estimate of drug-likeness (QED) is 0.426. The van der Waals surface area contributed by atoms with Gasteiger partial charge in [0.25, 0.3) is 5.91 Å². The first kappa shape index (κ1) is 27.0. The van der Waals surface area contributed by atoms with Crippen molar-refractivity contribution in [2.24, 2.45) is 0 Å². The highest BCUT2D eigenvalue weighted by Crippen LogP contribution is 2.38. The van der Waals surface area contributed by atoms with Crippen molar-refractivity contribution in [2.75, 3.05) is 44.9 Å². The van der Waals surface area contributed by atoms with Gasteiger partial charge in [-0.25, -0.2) is 22.9 Å². The minimum absolute atomic E-state index is 0.0814. The largest absolute Gasteiger partial charge is 0.487 e. The van der Waals surface area contributed by atoms with Crippen LogP contribution >= 0.6 is 0 Å². The van der Waals surface area contributed by atoms with Crippen LogP contribution in [-0.2, 0) is 14.9 Å². The molecule has 39 heavy (non-hydrogen) atoms. The lowest BCUT2D eigenvalue weighted by Crippen LogP contribution is -2.42. The normalized spacial score (nSPS) is 19.6. The molecule has 1 amide bonds. The van der Waals surface area contributed by atoms with E-state index >= 15 is 0 Å². The number of nitrogens with zero attached hydrogens (tertiary/aromatic N) is 4. The number of imidazole rings is 1. The third-order valence-electron chi connectivity index (χ3n) is 6.45. The molecule has 2 aliphatic rings. The summed E-state index contributed by atoms with van der Waals surface area (Å²) in [5.41, 5.74) is 1.39. The summed E-state index contributed by atoms with van der Waals surface area (Å²) < 4.78 is 81.8. The van der Waals surface area contributed by atoms with E-state index in [0.29, 0.717) is 52.3 Å². The fraction of sp³-hybridized carbons (Fsp3) is 0.360. The summed E-state index contributed by atoms with van der Waals surface area (Å²) >= 11 is 0. The third kappa shape index (κ3) is 5.58. The molecule has 3 aromatic rings. The first-order chi connectivity index (χ1) is 18.7. The maximum Gasteiger partial charge on any atom is 0.303 e. The van der Waals surface area contributed by atoms with Crippen molar-refractivity contribution in [3.63, 3.8) is 0 Å². The molecule has 4 heterocycles. The summed E-state index contributed by atoms with van der Waals surface area (Å²) in [6.45, 7) is -0.474. The molecule has 14 heteroatoms. The molecule has 0 unspecified atom stereocenters. The minimum atomic E-state index is -4.29. The number of carbonyl (C=O) groups is 1.